The van der Waals surface area contributed by atoms with E-state index in [0.717, 1.165) is 25.9 Å². The zero-order valence-corrected chi connectivity index (χ0v) is 10.6. The summed E-state index contributed by atoms with van der Waals surface area (Å²) < 4.78 is 31.6. The highest BCUT2D eigenvalue weighted by atomic mass is 32.2. The van der Waals surface area contributed by atoms with Gasteiger partial charge in [0.1, 0.15) is 0 Å². The van der Waals surface area contributed by atoms with Crippen molar-refractivity contribution in [2.75, 3.05) is 19.7 Å². The molecule has 6 heteroatoms. The lowest BCUT2D eigenvalue weighted by atomic mass is 10.1. The summed E-state index contributed by atoms with van der Waals surface area (Å²) in [7, 11) is -3.28. The molecule has 0 aromatic rings. The number of nitrogens with one attached hydrogen (secondary N) is 1. The zero-order chi connectivity index (χ0) is 12.0. The Kier molecular flexibility index (Phi) is 5.68. The first-order chi connectivity index (χ1) is 7.60. The van der Waals surface area contributed by atoms with Crippen molar-refractivity contribution in [2.45, 2.75) is 44.0 Å². The molecule has 2 atom stereocenters. The minimum atomic E-state index is -3.28. The van der Waals surface area contributed by atoms with Crippen LogP contribution in [-0.4, -0.2) is 39.5 Å². The molecular weight excluding hydrogens is 228 g/mol. The molecule has 0 aromatic carbocycles. The maximum Gasteiger partial charge on any atom is 0.215 e. The first-order valence-electron chi connectivity index (χ1n) is 5.90. The maximum atomic E-state index is 11.8. The summed E-state index contributed by atoms with van der Waals surface area (Å²) >= 11 is 0. The Morgan fingerprint density at radius 2 is 2.25 bits per heavy atom. The molecule has 0 bridgehead atoms. The minimum Gasteiger partial charge on any atom is -0.377 e. The fourth-order valence-corrected chi connectivity index (χ4v) is 3.15. The van der Waals surface area contributed by atoms with Crippen LogP contribution in [0.1, 0.15) is 32.6 Å². The predicted molar refractivity (Wildman–Crippen MR) is 63.6 cm³/mol. The summed E-state index contributed by atoms with van der Waals surface area (Å²) in [5, 5.41) is -0.490. The number of sulfonamides is 1. The Balaban J connectivity index is 2.40. The number of rotatable bonds is 6. The lowest BCUT2D eigenvalue weighted by Gasteiger charge is -2.23. The molecule has 0 aromatic heterocycles. The summed E-state index contributed by atoms with van der Waals surface area (Å²) in [6.45, 7) is 3.10. The second-order valence-corrected chi connectivity index (χ2v) is 6.19. The molecular formula is C10H22N2O3S. The average Bonchev–Trinajstić information content (AvgIpc) is 2.29. The van der Waals surface area contributed by atoms with Crippen LogP contribution in [0.25, 0.3) is 0 Å². The molecule has 2 unspecified atom stereocenters. The Bertz CT molecular complexity index is 282. The van der Waals surface area contributed by atoms with Gasteiger partial charge in [-0.1, -0.05) is 6.92 Å². The van der Waals surface area contributed by atoms with E-state index in [2.05, 4.69) is 4.72 Å². The number of nitrogens with two attached hydrogens (primary N) is 1. The van der Waals surface area contributed by atoms with Gasteiger partial charge in [0.05, 0.1) is 11.4 Å². The molecule has 16 heavy (non-hydrogen) atoms. The van der Waals surface area contributed by atoms with Crippen LogP contribution < -0.4 is 10.5 Å². The first-order valence-corrected chi connectivity index (χ1v) is 7.45. The summed E-state index contributed by atoms with van der Waals surface area (Å²) in [6.07, 6.45) is 3.68. The van der Waals surface area contributed by atoms with Crippen LogP contribution in [-0.2, 0) is 14.8 Å². The van der Waals surface area contributed by atoms with E-state index in [0.29, 0.717) is 13.0 Å². The lowest BCUT2D eigenvalue weighted by Crippen LogP contribution is -2.42. The molecule has 0 amide bonds. The van der Waals surface area contributed by atoms with Gasteiger partial charge in [-0.2, -0.15) is 0 Å². The van der Waals surface area contributed by atoms with Crippen LogP contribution in [0.2, 0.25) is 0 Å². The van der Waals surface area contributed by atoms with E-state index in [-0.39, 0.29) is 12.6 Å². The van der Waals surface area contributed by atoms with Crippen molar-refractivity contribution < 1.29 is 13.2 Å². The maximum absolute atomic E-state index is 11.8. The Hall–Kier alpha value is -0.170. The summed E-state index contributed by atoms with van der Waals surface area (Å²) in [5.41, 5.74) is 5.43. The summed E-state index contributed by atoms with van der Waals surface area (Å²) in [6, 6.07) is 0. The first kappa shape index (κ1) is 13.9. The third-order valence-electron chi connectivity index (χ3n) is 2.94. The Labute approximate surface area is 97.8 Å². The average molecular weight is 250 g/mol. The van der Waals surface area contributed by atoms with Gasteiger partial charge >= 0.3 is 0 Å². The molecule has 1 aliphatic heterocycles. The SMILES string of the molecule is CCC(CN)S(=O)(=O)NCC1CCCCO1. The highest BCUT2D eigenvalue weighted by Crippen LogP contribution is 2.12. The van der Waals surface area contributed by atoms with E-state index in [9.17, 15) is 8.42 Å². The molecule has 96 valence electrons. The molecule has 1 fully saturated rings. The predicted octanol–water partition coefficient (Wildman–Crippen LogP) is 0.212. The highest BCUT2D eigenvalue weighted by molar-refractivity contribution is 7.90. The van der Waals surface area contributed by atoms with Gasteiger partial charge in [0.25, 0.3) is 0 Å². The van der Waals surface area contributed by atoms with E-state index in [1.165, 1.54) is 0 Å². The fourth-order valence-electron chi connectivity index (χ4n) is 1.81. The molecule has 0 aliphatic carbocycles. The molecule has 1 heterocycles. The van der Waals surface area contributed by atoms with Crippen LogP contribution >= 0.6 is 0 Å². The van der Waals surface area contributed by atoms with Crippen molar-refractivity contribution >= 4 is 10.0 Å². The van der Waals surface area contributed by atoms with Crippen molar-refractivity contribution in [1.29, 1.82) is 0 Å². The second-order valence-electron chi connectivity index (χ2n) is 4.15. The number of hydrogen-bond acceptors (Lipinski definition) is 4. The topological polar surface area (TPSA) is 81.4 Å². The van der Waals surface area contributed by atoms with Gasteiger partial charge in [-0.15, -0.1) is 0 Å². The molecule has 0 radical (unpaired) electrons. The minimum absolute atomic E-state index is 0.0267. The van der Waals surface area contributed by atoms with Gasteiger partial charge in [0.15, 0.2) is 0 Å². The third kappa shape index (κ3) is 4.01. The van der Waals surface area contributed by atoms with Crippen LogP contribution in [0.5, 0.6) is 0 Å². The number of hydrogen-bond donors (Lipinski definition) is 2. The standard InChI is InChI=1S/C10H22N2O3S/c1-2-10(7-11)16(13,14)12-8-9-5-3-4-6-15-9/h9-10,12H,2-8,11H2,1H3. The summed E-state index contributed by atoms with van der Waals surface area (Å²) in [4.78, 5) is 0. The third-order valence-corrected chi connectivity index (χ3v) is 4.92. The van der Waals surface area contributed by atoms with Gasteiger partial charge < -0.3 is 10.5 Å². The molecule has 1 saturated heterocycles. The Morgan fingerprint density at radius 3 is 2.75 bits per heavy atom. The van der Waals surface area contributed by atoms with E-state index in [1.54, 1.807) is 0 Å². The van der Waals surface area contributed by atoms with Gasteiger partial charge in [0, 0.05) is 19.7 Å². The van der Waals surface area contributed by atoms with Crippen LogP contribution in [0.15, 0.2) is 0 Å². The molecule has 1 rings (SSSR count). The van der Waals surface area contributed by atoms with Crippen LogP contribution in [0.4, 0.5) is 0 Å². The van der Waals surface area contributed by atoms with E-state index >= 15 is 0 Å². The van der Waals surface area contributed by atoms with Gasteiger partial charge in [-0.25, -0.2) is 13.1 Å². The van der Waals surface area contributed by atoms with Crippen LogP contribution in [0, 0.1) is 0 Å². The largest absolute Gasteiger partial charge is 0.377 e. The van der Waals surface area contributed by atoms with Crippen molar-refractivity contribution in [3.8, 4) is 0 Å². The smallest absolute Gasteiger partial charge is 0.215 e. The van der Waals surface area contributed by atoms with Crippen molar-refractivity contribution in [1.82, 2.24) is 4.72 Å². The van der Waals surface area contributed by atoms with Crippen LogP contribution in [0.3, 0.4) is 0 Å². The second kappa shape index (κ2) is 6.54. The molecule has 3 N–H and O–H groups in total. The van der Waals surface area contributed by atoms with E-state index in [1.807, 2.05) is 6.92 Å². The fraction of sp³-hybridized carbons (Fsp3) is 1.00. The van der Waals surface area contributed by atoms with Gasteiger partial charge in [0.2, 0.25) is 10.0 Å². The van der Waals surface area contributed by atoms with Crippen molar-refractivity contribution in [3.63, 3.8) is 0 Å². The van der Waals surface area contributed by atoms with Gasteiger partial charge in [-0.05, 0) is 25.7 Å². The Morgan fingerprint density at radius 1 is 1.50 bits per heavy atom. The van der Waals surface area contributed by atoms with E-state index < -0.39 is 15.3 Å². The van der Waals surface area contributed by atoms with Gasteiger partial charge in [-0.3, -0.25) is 0 Å². The summed E-state index contributed by atoms with van der Waals surface area (Å²) in [5.74, 6) is 0. The lowest BCUT2D eigenvalue weighted by molar-refractivity contribution is 0.0200. The molecule has 0 saturated carbocycles. The quantitative estimate of drug-likeness (QED) is 0.706. The highest BCUT2D eigenvalue weighted by Gasteiger charge is 2.23. The monoisotopic (exact) mass is 250 g/mol. The van der Waals surface area contributed by atoms with Crippen molar-refractivity contribution in [2.24, 2.45) is 5.73 Å². The molecule has 5 nitrogen and oxygen atoms in total. The number of ether oxygens (including phenoxy) is 1. The van der Waals surface area contributed by atoms with Crippen molar-refractivity contribution in [3.05, 3.63) is 0 Å². The molecule has 0 spiro atoms. The normalized spacial score (nSPS) is 24.2. The molecule has 1 aliphatic rings. The van der Waals surface area contributed by atoms with E-state index in [4.69, 9.17) is 10.5 Å². The zero-order valence-electron chi connectivity index (χ0n) is 9.81.